The summed E-state index contributed by atoms with van der Waals surface area (Å²) in [7, 11) is 0. The number of carbonyl (C=O) groups excluding carboxylic acids is 1. The Balaban J connectivity index is 1.83. The molecule has 0 radical (unpaired) electrons. The third-order valence-electron chi connectivity index (χ3n) is 4.23. The minimum atomic E-state index is 0.226. The van der Waals surface area contributed by atoms with Gasteiger partial charge in [0.15, 0.2) is 0 Å². The summed E-state index contributed by atoms with van der Waals surface area (Å²) in [4.78, 5) is 16.9. The third-order valence-corrected chi connectivity index (χ3v) is 4.23. The largest absolute Gasteiger partial charge is 0.340 e. The Morgan fingerprint density at radius 3 is 2.11 bits per heavy atom. The third kappa shape index (κ3) is 3.23. The van der Waals surface area contributed by atoms with Crippen molar-refractivity contribution in [2.45, 2.75) is 39.2 Å². The summed E-state index contributed by atoms with van der Waals surface area (Å²) in [5.41, 5.74) is 0.226. The van der Waals surface area contributed by atoms with E-state index >= 15 is 0 Å². The molecule has 1 N–H and O–H groups in total. The standard InChI is InChI=1S/C14H27N3O/c1-14(2,3)17-10-8-16(9-11-17)13(18)12-4-6-15-7-5-12/h12,15H,4-11H2,1-3H3. The quantitative estimate of drug-likeness (QED) is 0.755. The predicted octanol–water partition coefficient (Wildman–Crippen LogP) is 0.929. The summed E-state index contributed by atoms with van der Waals surface area (Å²) in [6, 6.07) is 0. The molecule has 4 nitrogen and oxygen atoms in total. The summed E-state index contributed by atoms with van der Waals surface area (Å²) < 4.78 is 0. The van der Waals surface area contributed by atoms with Gasteiger partial charge in [0.1, 0.15) is 0 Å². The minimum absolute atomic E-state index is 0.226. The lowest BCUT2D eigenvalue weighted by molar-refractivity contribution is -0.138. The van der Waals surface area contributed by atoms with Crippen LogP contribution >= 0.6 is 0 Å². The predicted molar refractivity (Wildman–Crippen MR) is 73.5 cm³/mol. The van der Waals surface area contributed by atoms with E-state index < -0.39 is 0 Å². The average molecular weight is 253 g/mol. The fraction of sp³-hybridized carbons (Fsp3) is 0.929. The van der Waals surface area contributed by atoms with Gasteiger partial charge in [-0.2, -0.15) is 0 Å². The molecule has 0 aliphatic carbocycles. The van der Waals surface area contributed by atoms with Crippen LogP contribution in [0.25, 0.3) is 0 Å². The van der Waals surface area contributed by atoms with E-state index in [1.165, 1.54) is 0 Å². The van der Waals surface area contributed by atoms with E-state index in [4.69, 9.17) is 0 Å². The molecule has 0 spiro atoms. The number of hydrogen-bond donors (Lipinski definition) is 1. The molecule has 104 valence electrons. The van der Waals surface area contributed by atoms with Crippen molar-refractivity contribution in [3.63, 3.8) is 0 Å². The van der Waals surface area contributed by atoms with Crippen molar-refractivity contribution in [3.05, 3.63) is 0 Å². The zero-order chi connectivity index (χ0) is 13.2. The molecule has 0 atom stereocenters. The van der Waals surface area contributed by atoms with Crippen LogP contribution in [0, 0.1) is 5.92 Å². The molecule has 18 heavy (non-hydrogen) atoms. The lowest BCUT2D eigenvalue weighted by Gasteiger charge is -2.43. The summed E-state index contributed by atoms with van der Waals surface area (Å²) >= 11 is 0. The first-order chi connectivity index (χ1) is 8.48. The first-order valence-corrected chi connectivity index (χ1v) is 7.23. The Morgan fingerprint density at radius 2 is 1.61 bits per heavy atom. The molecule has 2 aliphatic heterocycles. The van der Waals surface area contributed by atoms with Crippen LogP contribution in [0.1, 0.15) is 33.6 Å². The van der Waals surface area contributed by atoms with Crippen molar-refractivity contribution in [1.82, 2.24) is 15.1 Å². The SMILES string of the molecule is CC(C)(C)N1CCN(C(=O)C2CCNCC2)CC1. The Kier molecular flexibility index (Phi) is 4.28. The average Bonchev–Trinajstić information content (AvgIpc) is 2.38. The molecular formula is C14H27N3O. The lowest BCUT2D eigenvalue weighted by Crippen LogP contribution is -2.56. The maximum absolute atomic E-state index is 12.4. The van der Waals surface area contributed by atoms with Gasteiger partial charge >= 0.3 is 0 Å². The van der Waals surface area contributed by atoms with E-state index in [0.29, 0.717) is 5.91 Å². The number of nitrogens with one attached hydrogen (secondary N) is 1. The summed E-state index contributed by atoms with van der Waals surface area (Å²) in [5, 5.41) is 3.32. The fourth-order valence-corrected chi connectivity index (χ4v) is 2.92. The number of piperazine rings is 1. The van der Waals surface area contributed by atoms with Gasteiger partial charge < -0.3 is 10.2 Å². The van der Waals surface area contributed by atoms with Crippen molar-refractivity contribution in [3.8, 4) is 0 Å². The molecular weight excluding hydrogens is 226 g/mol. The van der Waals surface area contributed by atoms with Crippen molar-refractivity contribution < 1.29 is 4.79 Å². The summed E-state index contributed by atoms with van der Waals surface area (Å²) in [6.07, 6.45) is 2.02. The number of piperidine rings is 1. The highest BCUT2D eigenvalue weighted by atomic mass is 16.2. The molecule has 1 amide bonds. The summed E-state index contributed by atoms with van der Waals surface area (Å²) in [5.74, 6) is 0.664. The number of hydrogen-bond acceptors (Lipinski definition) is 3. The fourth-order valence-electron chi connectivity index (χ4n) is 2.92. The molecule has 2 rings (SSSR count). The van der Waals surface area contributed by atoms with Crippen LogP contribution in [0.2, 0.25) is 0 Å². The smallest absolute Gasteiger partial charge is 0.225 e. The van der Waals surface area contributed by atoms with Crippen LogP contribution < -0.4 is 5.32 Å². The minimum Gasteiger partial charge on any atom is -0.340 e. The molecule has 2 aliphatic rings. The lowest BCUT2D eigenvalue weighted by atomic mass is 9.96. The number of nitrogens with zero attached hydrogens (tertiary/aromatic N) is 2. The van der Waals surface area contributed by atoms with E-state index in [2.05, 4.69) is 35.9 Å². The Labute approximate surface area is 111 Å². The van der Waals surface area contributed by atoms with Crippen LogP contribution in [0.15, 0.2) is 0 Å². The molecule has 2 heterocycles. The van der Waals surface area contributed by atoms with Gasteiger partial charge in [0.2, 0.25) is 5.91 Å². The highest BCUT2D eigenvalue weighted by molar-refractivity contribution is 5.79. The zero-order valence-corrected chi connectivity index (χ0v) is 12.0. The van der Waals surface area contributed by atoms with E-state index in [1.807, 2.05) is 0 Å². The van der Waals surface area contributed by atoms with Crippen LogP contribution in [0.4, 0.5) is 0 Å². The van der Waals surface area contributed by atoms with Crippen LogP contribution in [0.5, 0.6) is 0 Å². The van der Waals surface area contributed by atoms with E-state index in [-0.39, 0.29) is 11.5 Å². The van der Waals surface area contributed by atoms with Gasteiger partial charge in [-0.3, -0.25) is 9.69 Å². The second-order valence-corrected chi connectivity index (χ2v) is 6.51. The molecule has 4 heteroatoms. The Morgan fingerprint density at radius 1 is 1.06 bits per heavy atom. The molecule has 0 aromatic heterocycles. The first-order valence-electron chi connectivity index (χ1n) is 7.23. The molecule has 2 fully saturated rings. The van der Waals surface area contributed by atoms with E-state index in [0.717, 1.165) is 52.1 Å². The van der Waals surface area contributed by atoms with Crippen molar-refractivity contribution in [2.75, 3.05) is 39.3 Å². The van der Waals surface area contributed by atoms with Gasteiger partial charge in [-0.25, -0.2) is 0 Å². The molecule has 0 unspecified atom stereocenters. The van der Waals surface area contributed by atoms with Crippen molar-refractivity contribution in [1.29, 1.82) is 0 Å². The highest BCUT2D eigenvalue weighted by Crippen LogP contribution is 2.19. The van der Waals surface area contributed by atoms with Crippen molar-refractivity contribution in [2.24, 2.45) is 5.92 Å². The first kappa shape index (κ1) is 13.8. The van der Waals surface area contributed by atoms with Crippen LogP contribution in [0.3, 0.4) is 0 Å². The van der Waals surface area contributed by atoms with Gasteiger partial charge in [0.05, 0.1) is 0 Å². The molecule has 0 bridgehead atoms. The van der Waals surface area contributed by atoms with Gasteiger partial charge in [0, 0.05) is 37.6 Å². The topological polar surface area (TPSA) is 35.6 Å². The van der Waals surface area contributed by atoms with Crippen LogP contribution in [-0.2, 0) is 4.79 Å². The van der Waals surface area contributed by atoms with E-state index in [9.17, 15) is 4.79 Å². The zero-order valence-electron chi connectivity index (χ0n) is 12.0. The molecule has 0 aromatic carbocycles. The van der Waals surface area contributed by atoms with Gasteiger partial charge in [0.25, 0.3) is 0 Å². The monoisotopic (exact) mass is 253 g/mol. The normalized spacial score (nSPS) is 24.3. The molecule has 0 aromatic rings. The second-order valence-electron chi connectivity index (χ2n) is 6.51. The number of amides is 1. The Bertz CT molecular complexity index is 284. The van der Waals surface area contributed by atoms with Gasteiger partial charge in [-0.15, -0.1) is 0 Å². The van der Waals surface area contributed by atoms with Crippen LogP contribution in [-0.4, -0.2) is 60.5 Å². The van der Waals surface area contributed by atoms with E-state index in [1.54, 1.807) is 0 Å². The maximum Gasteiger partial charge on any atom is 0.225 e. The van der Waals surface area contributed by atoms with Gasteiger partial charge in [-0.1, -0.05) is 0 Å². The second kappa shape index (κ2) is 5.57. The Hall–Kier alpha value is -0.610. The maximum atomic E-state index is 12.4. The number of rotatable bonds is 1. The summed E-state index contributed by atoms with van der Waals surface area (Å²) in [6.45, 7) is 12.6. The molecule has 0 saturated carbocycles. The highest BCUT2D eigenvalue weighted by Gasteiger charge is 2.31. The number of carbonyl (C=O) groups is 1. The molecule has 2 saturated heterocycles. The van der Waals surface area contributed by atoms with Crippen molar-refractivity contribution >= 4 is 5.91 Å². The van der Waals surface area contributed by atoms with Gasteiger partial charge in [-0.05, 0) is 46.7 Å².